The number of likely N-dealkylation sites (tertiary alicyclic amines) is 1. The van der Waals surface area contributed by atoms with E-state index in [0.717, 1.165) is 24.3 Å². The Morgan fingerprint density at radius 2 is 2.26 bits per heavy atom. The third-order valence-corrected chi connectivity index (χ3v) is 4.27. The highest BCUT2D eigenvalue weighted by Gasteiger charge is 2.32. The number of carbonyl (C=O) groups excluding carboxylic acids is 1. The van der Waals surface area contributed by atoms with Crippen molar-refractivity contribution < 1.29 is 13.7 Å². The van der Waals surface area contributed by atoms with Crippen LogP contribution in [-0.4, -0.2) is 22.5 Å². The number of nitrogens with zero attached hydrogens (tertiary/aromatic N) is 2. The first kappa shape index (κ1) is 15.7. The second-order valence-corrected chi connectivity index (χ2v) is 6.36. The Morgan fingerprint density at radius 1 is 1.43 bits per heavy atom. The van der Waals surface area contributed by atoms with E-state index in [2.05, 4.69) is 5.16 Å². The van der Waals surface area contributed by atoms with Gasteiger partial charge in [-0.15, -0.1) is 0 Å². The van der Waals surface area contributed by atoms with E-state index in [-0.39, 0.29) is 30.1 Å². The summed E-state index contributed by atoms with van der Waals surface area (Å²) >= 11 is 0. The largest absolute Gasteiger partial charge is 0.361 e. The highest BCUT2D eigenvalue weighted by Crippen LogP contribution is 2.33. The van der Waals surface area contributed by atoms with Gasteiger partial charge >= 0.3 is 0 Å². The SMILES string of the molecule is CC(C)c1cc([C@@H]2CCCN2C(=O)Cc2cccc(F)c2)no1. The Kier molecular flexibility index (Phi) is 4.46. The highest BCUT2D eigenvalue weighted by atomic mass is 19.1. The van der Waals surface area contributed by atoms with Crippen molar-refractivity contribution in [1.82, 2.24) is 10.1 Å². The Balaban J connectivity index is 1.74. The normalized spacial score (nSPS) is 17.9. The summed E-state index contributed by atoms with van der Waals surface area (Å²) < 4.78 is 18.6. The molecule has 0 aliphatic carbocycles. The third kappa shape index (κ3) is 3.44. The van der Waals surface area contributed by atoms with Crippen LogP contribution in [0.15, 0.2) is 34.9 Å². The molecule has 2 heterocycles. The molecule has 23 heavy (non-hydrogen) atoms. The standard InChI is InChI=1S/C18H21FN2O2/c1-12(2)17-11-15(20-23-17)16-7-4-8-21(16)18(22)10-13-5-3-6-14(19)9-13/h3,5-6,9,11-12,16H,4,7-8,10H2,1-2H3/t16-/m0/s1. The van der Waals surface area contributed by atoms with E-state index in [1.165, 1.54) is 12.1 Å². The minimum absolute atomic E-state index is 0.00666. The van der Waals surface area contributed by atoms with Gasteiger partial charge in [0.1, 0.15) is 17.3 Å². The van der Waals surface area contributed by atoms with Crippen molar-refractivity contribution in [3.8, 4) is 0 Å². The van der Waals surface area contributed by atoms with Crippen molar-refractivity contribution in [1.29, 1.82) is 0 Å². The molecule has 0 unspecified atom stereocenters. The van der Waals surface area contributed by atoms with Gasteiger partial charge in [0.2, 0.25) is 5.91 Å². The van der Waals surface area contributed by atoms with Gasteiger partial charge in [0.25, 0.3) is 0 Å². The van der Waals surface area contributed by atoms with Gasteiger partial charge in [0.05, 0.1) is 12.5 Å². The van der Waals surface area contributed by atoms with Crippen LogP contribution in [0.25, 0.3) is 0 Å². The lowest BCUT2D eigenvalue weighted by molar-refractivity contribution is -0.131. The molecule has 0 bridgehead atoms. The third-order valence-electron chi connectivity index (χ3n) is 4.27. The maximum atomic E-state index is 13.3. The van der Waals surface area contributed by atoms with Gasteiger partial charge in [0.15, 0.2) is 0 Å². The zero-order chi connectivity index (χ0) is 16.4. The molecule has 122 valence electrons. The minimum Gasteiger partial charge on any atom is -0.361 e. The number of carbonyl (C=O) groups is 1. The summed E-state index contributed by atoms with van der Waals surface area (Å²) in [6.45, 7) is 4.81. The van der Waals surface area contributed by atoms with Crippen LogP contribution in [0.1, 0.15) is 55.7 Å². The summed E-state index contributed by atoms with van der Waals surface area (Å²) in [7, 11) is 0. The van der Waals surface area contributed by atoms with Crippen molar-refractivity contribution in [2.75, 3.05) is 6.54 Å². The quantitative estimate of drug-likeness (QED) is 0.861. The molecular weight excluding hydrogens is 295 g/mol. The lowest BCUT2D eigenvalue weighted by Gasteiger charge is -2.23. The molecule has 1 aromatic carbocycles. The van der Waals surface area contributed by atoms with E-state index in [1.807, 2.05) is 24.8 Å². The minimum atomic E-state index is -0.314. The maximum absolute atomic E-state index is 13.3. The van der Waals surface area contributed by atoms with E-state index in [4.69, 9.17) is 4.52 Å². The van der Waals surface area contributed by atoms with Crippen LogP contribution in [-0.2, 0) is 11.2 Å². The van der Waals surface area contributed by atoms with Gasteiger partial charge in [-0.2, -0.15) is 0 Å². The summed E-state index contributed by atoms with van der Waals surface area (Å²) in [5.41, 5.74) is 1.52. The topological polar surface area (TPSA) is 46.3 Å². The van der Waals surface area contributed by atoms with Crippen molar-refractivity contribution in [2.45, 2.75) is 45.1 Å². The molecule has 1 aliphatic heterocycles. The van der Waals surface area contributed by atoms with Crippen LogP contribution in [0.5, 0.6) is 0 Å². The van der Waals surface area contributed by atoms with E-state index in [1.54, 1.807) is 12.1 Å². The summed E-state index contributed by atoms with van der Waals surface area (Å²) in [5, 5.41) is 4.14. The van der Waals surface area contributed by atoms with Crippen LogP contribution in [0.4, 0.5) is 4.39 Å². The monoisotopic (exact) mass is 316 g/mol. The average Bonchev–Trinajstić information content (AvgIpc) is 3.16. The lowest BCUT2D eigenvalue weighted by atomic mass is 10.1. The summed E-state index contributed by atoms with van der Waals surface area (Å²) in [6.07, 6.45) is 2.05. The number of benzene rings is 1. The van der Waals surface area contributed by atoms with E-state index in [0.29, 0.717) is 12.1 Å². The van der Waals surface area contributed by atoms with Crippen LogP contribution in [0, 0.1) is 5.82 Å². The van der Waals surface area contributed by atoms with E-state index in [9.17, 15) is 9.18 Å². The van der Waals surface area contributed by atoms with Crippen molar-refractivity contribution in [2.24, 2.45) is 0 Å². The number of halogens is 1. The molecule has 1 amide bonds. The van der Waals surface area contributed by atoms with Gasteiger partial charge in [-0.1, -0.05) is 31.1 Å². The van der Waals surface area contributed by atoms with Gasteiger partial charge in [-0.3, -0.25) is 4.79 Å². The number of hydrogen-bond acceptors (Lipinski definition) is 3. The van der Waals surface area contributed by atoms with Gasteiger partial charge in [0, 0.05) is 18.5 Å². The van der Waals surface area contributed by atoms with Crippen molar-refractivity contribution in [3.63, 3.8) is 0 Å². The molecule has 3 rings (SSSR count). The fraction of sp³-hybridized carbons (Fsp3) is 0.444. The maximum Gasteiger partial charge on any atom is 0.227 e. The molecule has 0 N–H and O–H groups in total. The predicted molar refractivity (Wildman–Crippen MR) is 84.4 cm³/mol. The molecular formula is C18H21FN2O2. The molecule has 0 spiro atoms. The van der Waals surface area contributed by atoms with Crippen molar-refractivity contribution in [3.05, 3.63) is 53.2 Å². The van der Waals surface area contributed by atoms with Crippen LogP contribution in [0.3, 0.4) is 0 Å². The molecule has 5 heteroatoms. The molecule has 0 saturated carbocycles. The molecule has 1 saturated heterocycles. The Bertz CT molecular complexity index is 696. The van der Waals surface area contributed by atoms with E-state index >= 15 is 0 Å². The number of rotatable bonds is 4. The molecule has 2 aromatic rings. The lowest BCUT2D eigenvalue weighted by Crippen LogP contribution is -2.32. The van der Waals surface area contributed by atoms with Crippen LogP contribution < -0.4 is 0 Å². The van der Waals surface area contributed by atoms with Gasteiger partial charge < -0.3 is 9.42 Å². The Hall–Kier alpha value is -2.17. The number of hydrogen-bond donors (Lipinski definition) is 0. The number of aromatic nitrogens is 1. The second kappa shape index (κ2) is 6.52. The average molecular weight is 316 g/mol. The first-order valence-corrected chi connectivity index (χ1v) is 8.05. The summed E-state index contributed by atoms with van der Waals surface area (Å²) in [5.74, 6) is 0.803. The highest BCUT2D eigenvalue weighted by molar-refractivity contribution is 5.79. The second-order valence-electron chi connectivity index (χ2n) is 6.36. The Labute approximate surface area is 135 Å². The van der Waals surface area contributed by atoms with Gasteiger partial charge in [-0.05, 0) is 30.5 Å². The fourth-order valence-electron chi connectivity index (χ4n) is 3.03. The molecule has 1 atom stereocenters. The predicted octanol–water partition coefficient (Wildman–Crippen LogP) is 3.84. The van der Waals surface area contributed by atoms with Gasteiger partial charge in [-0.25, -0.2) is 4.39 Å². The summed E-state index contributed by atoms with van der Waals surface area (Å²) in [4.78, 5) is 14.4. The van der Waals surface area contributed by atoms with E-state index < -0.39 is 0 Å². The molecule has 1 aromatic heterocycles. The fourth-order valence-corrected chi connectivity index (χ4v) is 3.03. The van der Waals surface area contributed by atoms with Crippen molar-refractivity contribution >= 4 is 5.91 Å². The smallest absolute Gasteiger partial charge is 0.227 e. The Morgan fingerprint density at radius 3 is 2.96 bits per heavy atom. The molecule has 1 fully saturated rings. The first-order chi connectivity index (χ1) is 11.0. The van der Waals surface area contributed by atoms with Crippen LogP contribution >= 0.6 is 0 Å². The zero-order valence-corrected chi connectivity index (χ0v) is 13.5. The van der Waals surface area contributed by atoms with Crippen LogP contribution in [0.2, 0.25) is 0 Å². The molecule has 1 aliphatic rings. The molecule has 0 radical (unpaired) electrons. The zero-order valence-electron chi connectivity index (χ0n) is 13.5. The first-order valence-electron chi connectivity index (χ1n) is 8.05. The number of amides is 1. The molecule has 4 nitrogen and oxygen atoms in total. The summed E-state index contributed by atoms with van der Waals surface area (Å²) in [6, 6.07) is 8.12.